The molecule has 0 radical (unpaired) electrons. The van der Waals surface area contributed by atoms with Gasteiger partial charge in [0, 0.05) is 30.1 Å². The number of methoxy groups -OCH3 is 1. The number of aryl methyl sites for hydroxylation is 3. The minimum atomic E-state index is 0.0468. The fraction of sp³-hybridized carbons (Fsp3) is 0.478. The van der Waals surface area contributed by atoms with Gasteiger partial charge in [-0.1, -0.05) is 6.92 Å². The van der Waals surface area contributed by atoms with Crippen LogP contribution in [0.3, 0.4) is 0 Å². The molecule has 7 nitrogen and oxygen atoms in total. The van der Waals surface area contributed by atoms with Crippen molar-refractivity contribution in [2.75, 3.05) is 26.0 Å². The van der Waals surface area contributed by atoms with Crippen LogP contribution in [-0.2, 0) is 17.6 Å². The number of aromatic nitrogens is 3. The van der Waals surface area contributed by atoms with E-state index in [-0.39, 0.29) is 11.8 Å². The average molecular weight is 440 g/mol. The van der Waals surface area contributed by atoms with Gasteiger partial charge >= 0.3 is 0 Å². The molecule has 8 heteroatoms. The van der Waals surface area contributed by atoms with Crippen LogP contribution in [-0.4, -0.2) is 46.5 Å². The van der Waals surface area contributed by atoms with Crippen LogP contribution in [0.2, 0.25) is 0 Å². The lowest BCUT2D eigenvalue weighted by molar-refractivity contribution is -0.134. The summed E-state index contributed by atoms with van der Waals surface area (Å²) in [5, 5.41) is 4.48. The zero-order chi connectivity index (χ0) is 22.1. The van der Waals surface area contributed by atoms with Gasteiger partial charge in [-0.3, -0.25) is 4.79 Å². The molecule has 1 aliphatic carbocycles. The molecule has 0 fully saturated rings. The number of hydrogen-bond donors (Lipinski definition) is 1. The third-order valence-corrected chi connectivity index (χ3v) is 7.17. The number of amides is 1. The lowest BCUT2D eigenvalue weighted by atomic mass is 9.87. The number of fused-ring (bicyclic) bond motifs is 3. The van der Waals surface area contributed by atoms with Crippen LogP contribution in [0.1, 0.15) is 41.5 Å². The Balaban J connectivity index is 1.67. The summed E-state index contributed by atoms with van der Waals surface area (Å²) in [5.74, 6) is 1.60. The molecule has 0 saturated heterocycles. The number of nitrogens with one attached hydrogen (secondary N) is 1. The molecular formula is C23H29N5O2S. The fourth-order valence-corrected chi connectivity index (χ4v) is 5.50. The largest absolute Gasteiger partial charge is 0.480 e. The van der Waals surface area contributed by atoms with E-state index in [1.807, 2.05) is 31.9 Å². The summed E-state index contributed by atoms with van der Waals surface area (Å²) in [6, 6.07) is 2.03. The van der Waals surface area contributed by atoms with E-state index in [4.69, 9.17) is 4.74 Å². The molecule has 1 amide bonds. The van der Waals surface area contributed by atoms with Crippen molar-refractivity contribution in [2.45, 2.75) is 46.5 Å². The van der Waals surface area contributed by atoms with E-state index in [0.29, 0.717) is 5.88 Å². The molecule has 0 aromatic carbocycles. The monoisotopic (exact) mass is 439 g/mol. The Labute approximate surface area is 186 Å². The van der Waals surface area contributed by atoms with Crippen molar-refractivity contribution >= 4 is 39.0 Å². The molecule has 31 heavy (non-hydrogen) atoms. The van der Waals surface area contributed by atoms with Gasteiger partial charge in [0.2, 0.25) is 11.8 Å². The van der Waals surface area contributed by atoms with E-state index in [9.17, 15) is 4.79 Å². The Morgan fingerprint density at radius 1 is 1.35 bits per heavy atom. The molecular weight excluding hydrogens is 410 g/mol. The Morgan fingerprint density at radius 3 is 2.90 bits per heavy atom. The van der Waals surface area contributed by atoms with Crippen LogP contribution in [0.25, 0.3) is 10.2 Å². The van der Waals surface area contributed by atoms with Crippen LogP contribution in [0.15, 0.2) is 12.4 Å². The maximum absolute atomic E-state index is 12.8. The highest BCUT2D eigenvalue weighted by atomic mass is 32.1. The average Bonchev–Trinajstić information content (AvgIpc) is 3.14. The highest BCUT2D eigenvalue weighted by Crippen LogP contribution is 2.41. The molecule has 3 aromatic heterocycles. The maximum atomic E-state index is 12.8. The van der Waals surface area contributed by atoms with E-state index in [1.165, 1.54) is 10.4 Å². The van der Waals surface area contributed by atoms with E-state index >= 15 is 0 Å². The summed E-state index contributed by atoms with van der Waals surface area (Å²) in [7, 11) is 3.53. The molecule has 0 spiro atoms. The van der Waals surface area contributed by atoms with Crippen LogP contribution in [0.4, 0.5) is 11.5 Å². The van der Waals surface area contributed by atoms with Gasteiger partial charge in [0.15, 0.2) is 0 Å². The first kappa shape index (κ1) is 21.5. The van der Waals surface area contributed by atoms with Crippen molar-refractivity contribution in [3.8, 4) is 5.88 Å². The molecule has 4 rings (SSSR count). The quantitative estimate of drug-likeness (QED) is 0.612. The minimum Gasteiger partial charge on any atom is -0.480 e. The SMILES string of the molecule is CCCN(C)C(=O)C1CCc2c(sc3ncnc(Nc4cc(C)c(C)nc4OC)c23)C1. The number of anilines is 2. The Hall–Kier alpha value is -2.74. The van der Waals surface area contributed by atoms with Crippen molar-refractivity contribution in [3.05, 3.63) is 34.1 Å². The first-order chi connectivity index (χ1) is 14.9. The summed E-state index contributed by atoms with van der Waals surface area (Å²) in [6.07, 6.45) is 5.05. The summed E-state index contributed by atoms with van der Waals surface area (Å²) in [5.41, 5.74) is 4.07. The number of nitrogens with zero attached hydrogens (tertiary/aromatic N) is 4. The van der Waals surface area contributed by atoms with Gasteiger partial charge in [-0.2, -0.15) is 0 Å². The van der Waals surface area contributed by atoms with Gasteiger partial charge in [-0.15, -0.1) is 11.3 Å². The van der Waals surface area contributed by atoms with E-state index in [0.717, 1.165) is 65.2 Å². The number of hydrogen-bond acceptors (Lipinski definition) is 7. The third-order valence-electron chi connectivity index (χ3n) is 6.01. The van der Waals surface area contributed by atoms with Gasteiger partial charge in [0.1, 0.15) is 22.7 Å². The molecule has 3 aromatic rings. The zero-order valence-electron chi connectivity index (χ0n) is 18.8. The summed E-state index contributed by atoms with van der Waals surface area (Å²) in [6.45, 7) is 6.90. The number of carbonyl (C=O) groups excluding carboxylic acids is 1. The molecule has 1 aliphatic rings. The lowest BCUT2D eigenvalue weighted by Crippen LogP contribution is -2.35. The lowest BCUT2D eigenvalue weighted by Gasteiger charge is -2.26. The van der Waals surface area contributed by atoms with Crippen molar-refractivity contribution < 1.29 is 9.53 Å². The first-order valence-corrected chi connectivity index (χ1v) is 11.5. The van der Waals surface area contributed by atoms with Crippen LogP contribution < -0.4 is 10.1 Å². The van der Waals surface area contributed by atoms with E-state index in [1.54, 1.807) is 24.8 Å². The molecule has 0 aliphatic heterocycles. The number of ether oxygens (including phenoxy) is 1. The predicted molar refractivity (Wildman–Crippen MR) is 124 cm³/mol. The van der Waals surface area contributed by atoms with Crippen molar-refractivity contribution in [3.63, 3.8) is 0 Å². The third kappa shape index (κ3) is 4.08. The Morgan fingerprint density at radius 2 is 2.16 bits per heavy atom. The molecule has 1 N–H and O–H groups in total. The Bertz CT molecular complexity index is 1130. The second-order valence-corrected chi connectivity index (χ2v) is 9.26. The molecule has 0 bridgehead atoms. The summed E-state index contributed by atoms with van der Waals surface area (Å²) < 4.78 is 5.49. The normalized spacial score (nSPS) is 15.6. The molecule has 1 atom stereocenters. The highest BCUT2D eigenvalue weighted by Gasteiger charge is 2.30. The topological polar surface area (TPSA) is 80.2 Å². The van der Waals surface area contributed by atoms with Gasteiger partial charge in [-0.05, 0) is 56.7 Å². The van der Waals surface area contributed by atoms with Crippen molar-refractivity contribution in [1.82, 2.24) is 19.9 Å². The summed E-state index contributed by atoms with van der Waals surface area (Å²) >= 11 is 1.68. The molecule has 164 valence electrons. The van der Waals surface area contributed by atoms with E-state index < -0.39 is 0 Å². The van der Waals surface area contributed by atoms with Gasteiger partial charge < -0.3 is 15.0 Å². The molecule has 3 heterocycles. The Kier molecular flexibility index (Phi) is 6.09. The second-order valence-electron chi connectivity index (χ2n) is 8.18. The predicted octanol–water partition coefficient (Wildman–Crippen LogP) is 4.43. The van der Waals surface area contributed by atoms with Crippen LogP contribution >= 0.6 is 11.3 Å². The fourth-order valence-electron chi connectivity index (χ4n) is 4.23. The van der Waals surface area contributed by atoms with Crippen LogP contribution in [0, 0.1) is 19.8 Å². The number of pyridine rings is 1. The number of carbonyl (C=O) groups is 1. The minimum absolute atomic E-state index is 0.0468. The highest BCUT2D eigenvalue weighted by molar-refractivity contribution is 7.19. The number of thiophene rings is 1. The van der Waals surface area contributed by atoms with E-state index in [2.05, 4.69) is 27.2 Å². The second kappa shape index (κ2) is 8.78. The van der Waals surface area contributed by atoms with Gasteiger partial charge in [-0.25, -0.2) is 15.0 Å². The maximum Gasteiger partial charge on any atom is 0.237 e. The van der Waals surface area contributed by atoms with Crippen molar-refractivity contribution in [2.24, 2.45) is 5.92 Å². The van der Waals surface area contributed by atoms with Crippen LogP contribution in [0.5, 0.6) is 5.88 Å². The number of rotatable bonds is 6. The van der Waals surface area contributed by atoms with Gasteiger partial charge in [0.05, 0.1) is 12.5 Å². The first-order valence-electron chi connectivity index (χ1n) is 10.7. The molecule has 0 saturated carbocycles. The smallest absolute Gasteiger partial charge is 0.237 e. The summed E-state index contributed by atoms with van der Waals surface area (Å²) in [4.78, 5) is 30.5. The molecule has 1 unspecified atom stereocenters. The standard InChI is InChI=1S/C23H29N5O2S/c1-6-9-28(4)23(29)15-7-8-16-18(11-15)31-22-19(16)20(24-12-25-22)27-17-10-13(2)14(3)26-21(17)30-5/h10,12,15H,6-9,11H2,1-5H3,(H,24,25,27). The zero-order valence-corrected chi connectivity index (χ0v) is 19.6. The van der Waals surface area contributed by atoms with Crippen molar-refractivity contribution in [1.29, 1.82) is 0 Å². The van der Waals surface area contributed by atoms with Gasteiger partial charge in [0.25, 0.3) is 0 Å².